The van der Waals surface area contributed by atoms with Crippen molar-refractivity contribution in [2.75, 3.05) is 6.61 Å². The predicted molar refractivity (Wildman–Crippen MR) is 64.8 cm³/mol. The lowest BCUT2D eigenvalue weighted by Gasteiger charge is -2.44. The molecule has 0 bridgehead atoms. The molecule has 0 aliphatic carbocycles. The number of rotatable bonds is 5. The molecule has 1 aliphatic rings. The van der Waals surface area contributed by atoms with E-state index in [0.717, 1.165) is 6.92 Å². The molecule has 1 aliphatic heterocycles. The zero-order valence-corrected chi connectivity index (χ0v) is 11.2. The molecule has 6 atom stereocenters. The highest BCUT2D eigenvalue weighted by molar-refractivity contribution is 5.76. The summed E-state index contributed by atoms with van der Waals surface area (Å²) in [5, 5.41) is 59.0. The molecule has 10 heteroatoms. The van der Waals surface area contributed by atoms with Crippen LogP contribution in [0.2, 0.25) is 0 Å². The molecule has 1 fully saturated rings. The van der Waals surface area contributed by atoms with Gasteiger partial charge in [-0.2, -0.15) is 0 Å². The van der Waals surface area contributed by atoms with Crippen molar-refractivity contribution in [3.8, 4) is 0 Å². The summed E-state index contributed by atoms with van der Waals surface area (Å²) in [5.41, 5.74) is 0. The lowest BCUT2D eigenvalue weighted by molar-refractivity contribution is -0.295. The largest absolute Gasteiger partial charge is 0.477 e. The van der Waals surface area contributed by atoms with Crippen LogP contribution in [-0.4, -0.2) is 85.4 Å². The van der Waals surface area contributed by atoms with Crippen molar-refractivity contribution in [3.63, 3.8) is 0 Å². The van der Waals surface area contributed by atoms with Crippen molar-refractivity contribution in [1.29, 1.82) is 0 Å². The number of aliphatic hydroxyl groups is 5. The molecule has 1 amide bonds. The second kappa shape index (κ2) is 6.64. The number of hydrogen-bond acceptors (Lipinski definition) is 8. The van der Waals surface area contributed by atoms with Crippen molar-refractivity contribution in [1.82, 2.24) is 5.32 Å². The van der Waals surface area contributed by atoms with Gasteiger partial charge in [0.15, 0.2) is 0 Å². The first-order valence-electron chi connectivity index (χ1n) is 6.18. The number of aliphatic hydroxyl groups excluding tert-OH is 4. The van der Waals surface area contributed by atoms with Gasteiger partial charge in [-0.05, 0) is 0 Å². The first-order chi connectivity index (χ1) is 9.62. The van der Waals surface area contributed by atoms with E-state index in [1.165, 1.54) is 0 Å². The minimum atomic E-state index is -2.78. The van der Waals surface area contributed by atoms with Gasteiger partial charge in [-0.1, -0.05) is 0 Å². The van der Waals surface area contributed by atoms with Crippen LogP contribution in [0.15, 0.2) is 0 Å². The van der Waals surface area contributed by atoms with Crippen LogP contribution in [-0.2, 0) is 14.3 Å². The maximum atomic E-state index is 11.1. The van der Waals surface area contributed by atoms with Crippen molar-refractivity contribution in [2.24, 2.45) is 0 Å². The molecule has 1 saturated heterocycles. The zero-order chi connectivity index (χ0) is 16.4. The van der Waals surface area contributed by atoms with E-state index in [9.17, 15) is 30.0 Å². The van der Waals surface area contributed by atoms with Gasteiger partial charge in [-0.3, -0.25) is 4.79 Å². The summed E-state index contributed by atoms with van der Waals surface area (Å²) in [6.45, 7) is 0.256. The highest BCUT2D eigenvalue weighted by Gasteiger charge is 2.53. The van der Waals surface area contributed by atoms with Crippen molar-refractivity contribution >= 4 is 11.9 Å². The van der Waals surface area contributed by atoms with Crippen LogP contribution in [0, 0.1) is 0 Å². The zero-order valence-electron chi connectivity index (χ0n) is 11.2. The number of ether oxygens (including phenoxy) is 1. The van der Waals surface area contributed by atoms with Crippen LogP contribution < -0.4 is 5.32 Å². The molecule has 122 valence electrons. The van der Waals surface area contributed by atoms with Crippen LogP contribution in [0.5, 0.6) is 0 Å². The molecule has 1 heterocycles. The molecular formula is C11H19NO9. The van der Waals surface area contributed by atoms with Gasteiger partial charge in [0.2, 0.25) is 5.91 Å². The Morgan fingerprint density at radius 3 is 2.43 bits per heavy atom. The van der Waals surface area contributed by atoms with E-state index in [4.69, 9.17) is 14.9 Å². The minimum absolute atomic E-state index is 0.598. The van der Waals surface area contributed by atoms with E-state index in [-0.39, 0.29) is 0 Å². The van der Waals surface area contributed by atoms with Crippen molar-refractivity contribution in [3.05, 3.63) is 0 Å². The molecule has 7 N–H and O–H groups in total. The Bertz CT molecular complexity index is 403. The molecule has 0 aromatic carbocycles. The van der Waals surface area contributed by atoms with Crippen LogP contribution in [0.1, 0.15) is 13.3 Å². The lowest BCUT2D eigenvalue weighted by atomic mass is 9.88. The van der Waals surface area contributed by atoms with E-state index in [2.05, 4.69) is 5.32 Å². The van der Waals surface area contributed by atoms with Crippen LogP contribution in [0.25, 0.3) is 0 Å². The van der Waals surface area contributed by atoms with Gasteiger partial charge in [0.25, 0.3) is 5.79 Å². The average Bonchev–Trinajstić information content (AvgIpc) is 2.39. The molecule has 21 heavy (non-hydrogen) atoms. The number of carboxylic acid groups (broad SMARTS) is 1. The smallest absolute Gasteiger partial charge is 0.364 e. The van der Waals surface area contributed by atoms with Gasteiger partial charge < -0.3 is 40.7 Å². The maximum Gasteiger partial charge on any atom is 0.364 e. The van der Waals surface area contributed by atoms with Gasteiger partial charge in [-0.15, -0.1) is 0 Å². The highest BCUT2D eigenvalue weighted by atomic mass is 16.7. The molecule has 0 saturated carbocycles. The number of hydrogen-bond donors (Lipinski definition) is 7. The minimum Gasteiger partial charge on any atom is -0.477 e. The molecule has 0 spiro atoms. The highest BCUT2D eigenvalue weighted by Crippen LogP contribution is 2.30. The Kier molecular flexibility index (Phi) is 5.61. The maximum absolute atomic E-state index is 11.1. The summed E-state index contributed by atoms with van der Waals surface area (Å²) in [5.74, 6) is -5.17. The van der Waals surface area contributed by atoms with E-state index >= 15 is 0 Å². The Morgan fingerprint density at radius 1 is 1.43 bits per heavy atom. The Hall–Kier alpha value is -1.30. The number of nitrogens with one attached hydrogen (secondary N) is 1. The Balaban J connectivity index is 3.07. The second-order valence-electron chi connectivity index (χ2n) is 4.91. The molecule has 0 aromatic rings. The van der Waals surface area contributed by atoms with E-state index in [1.807, 2.05) is 0 Å². The van der Waals surface area contributed by atoms with Crippen LogP contribution in [0.3, 0.4) is 0 Å². The monoisotopic (exact) mass is 309 g/mol. The van der Waals surface area contributed by atoms with Crippen molar-refractivity contribution in [2.45, 2.75) is 49.6 Å². The molecule has 0 aromatic heterocycles. The SMILES string of the molecule is CC(=O)N[C@H]1[C@@H]([C@H](O)[C@H](O)CO)O[C@@](O)(C(=O)O)C[C@@H]1O. The number of carbonyl (C=O) groups excluding carboxylic acids is 1. The number of carbonyl (C=O) groups is 2. The van der Waals surface area contributed by atoms with Gasteiger partial charge in [0.05, 0.1) is 18.8 Å². The fourth-order valence-corrected chi connectivity index (χ4v) is 2.14. The summed E-state index contributed by atoms with van der Waals surface area (Å²) in [6.07, 6.45) is -7.48. The number of carboxylic acids is 1. The predicted octanol–water partition coefficient (Wildman–Crippen LogP) is -3.87. The Morgan fingerprint density at radius 2 is 2.00 bits per heavy atom. The molecule has 10 nitrogen and oxygen atoms in total. The van der Waals surface area contributed by atoms with Gasteiger partial charge in [0, 0.05) is 13.3 Å². The van der Waals surface area contributed by atoms with Gasteiger partial charge in [-0.25, -0.2) is 4.79 Å². The fraction of sp³-hybridized carbons (Fsp3) is 0.818. The molecule has 0 unspecified atom stereocenters. The molecular weight excluding hydrogens is 290 g/mol. The van der Waals surface area contributed by atoms with Gasteiger partial charge >= 0.3 is 5.97 Å². The number of amides is 1. The average molecular weight is 309 g/mol. The standard InChI is InChI=1S/C11H19NO9/c1-4(14)12-7-5(15)2-11(20,10(18)19)21-9(7)8(17)6(16)3-13/h5-9,13,15-17,20H,2-3H2,1H3,(H,12,14)(H,18,19)/t5-,6+,7+,8+,9-,11+/m0/s1. The topological polar surface area (TPSA) is 177 Å². The van der Waals surface area contributed by atoms with E-state index in [0.29, 0.717) is 0 Å². The van der Waals surface area contributed by atoms with Crippen molar-refractivity contribution < 1.29 is 45.0 Å². The van der Waals surface area contributed by atoms with Crippen LogP contribution >= 0.6 is 0 Å². The summed E-state index contributed by atoms with van der Waals surface area (Å²) < 4.78 is 4.86. The third-order valence-corrected chi connectivity index (χ3v) is 3.21. The summed E-state index contributed by atoms with van der Waals surface area (Å²) >= 11 is 0. The summed E-state index contributed by atoms with van der Waals surface area (Å²) in [7, 11) is 0. The lowest BCUT2D eigenvalue weighted by Crippen LogP contribution is -2.67. The van der Waals surface area contributed by atoms with Crippen LogP contribution in [0.4, 0.5) is 0 Å². The van der Waals surface area contributed by atoms with Gasteiger partial charge in [0.1, 0.15) is 18.3 Å². The third kappa shape index (κ3) is 3.87. The molecule has 1 rings (SSSR count). The first-order valence-corrected chi connectivity index (χ1v) is 6.18. The number of aliphatic carboxylic acids is 1. The quantitative estimate of drug-likeness (QED) is 0.268. The van der Waals surface area contributed by atoms with E-state index in [1.54, 1.807) is 0 Å². The summed E-state index contributed by atoms with van der Waals surface area (Å²) in [4.78, 5) is 22.1. The third-order valence-electron chi connectivity index (χ3n) is 3.21. The Labute approximate surface area is 119 Å². The summed E-state index contributed by atoms with van der Waals surface area (Å²) in [6, 6.07) is -1.27. The van der Waals surface area contributed by atoms with E-state index < -0.39 is 61.1 Å². The normalized spacial score (nSPS) is 35.8. The first kappa shape index (κ1) is 17.8. The second-order valence-corrected chi connectivity index (χ2v) is 4.91. The molecule has 0 radical (unpaired) electrons. The fourth-order valence-electron chi connectivity index (χ4n) is 2.14.